The molecule has 5 nitrogen and oxygen atoms in total. The van der Waals surface area contributed by atoms with Crippen molar-refractivity contribution >= 4 is 23.1 Å². The predicted molar refractivity (Wildman–Crippen MR) is 73.2 cm³/mol. The Morgan fingerprint density at radius 2 is 2.39 bits per heavy atom. The van der Waals surface area contributed by atoms with Gasteiger partial charge in [-0.05, 0) is 12.1 Å². The summed E-state index contributed by atoms with van der Waals surface area (Å²) in [6, 6.07) is 4.97. The van der Waals surface area contributed by atoms with Crippen LogP contribution in [-0.2, 0) is 6.61 Å². The Hall–Kier alpha value is -1.27. The molecular weight excluding hydrogens is 252 g/mol. The molecule has 0 bridgehead atoms. The normalized spacial score (nSPS) is 19.9. The fraction of sp³-hybridized carbons (Fsp3) is 0.500. The number of benzene rings is 1. The summed E-state index contributed by atoms with van der Waals surface area (Å²) in [5, 5.41) is 20.6. The number of hydrogen-bond acceptors (Lipinski definition) is 5. The van der Waals surface area contributed by atoms with Gasteiger partial charge in [-0.3, -0.25) is 10.1 Å². The minimum Gasteiger partial charge on any atom is -0.391 e. The molecule has 0 amide bonds. The maximum absolute atomic E-state index is 10.8. The predicted octanol–water partition coefficient (Wildman–Crippen LogP) is 2.03. The third-order valence-corrected chi connectivity index (χ3v) is 4.17. The van der Waals surface area contributed by atoms with E-state index in [4.69, 9.17) is 0 Å². The van der Waals surface area contributed by atoms with Crippen molar-refractivity contribution in [2.75, 3.05) is 23.7 Å². The average molecular weight is 268 g/mol. The fourth-order valence-corrected chi connectivity index (χ4v) is 3.14. The summed E-state index contributed by atoms with van der Waals surface area (Å²) in [6.45, 7) is 3.75. The lowest BCUT2D eigenvalue weighted by Gasteiger charge is -2.32. The van der Waals surface area contributed by atoms with Crippen molar-refractivity contribution in [1.82, 2.24) is 0 Å². The van der Waals surface area contributed by atoms with Gasteiger partial charge in [0, 0.05) is 35.8 Å². The molecule has 1 atom stereocenters. The molecule has 1 saturated heterocycles. The first-order valence-electron chi connectivity index (χ1n) is 5.86. The number of thioether (sulfide) groups is 1. The lowest BCUT2D eigenvalue weighted by molar-refractivity contribution is -0.385. The first-order valence-corrected chi connectivity index (χ1v) is 6.91. The lowest BCUT2D eigenvalue weighted by atomic mass is 10.1. The van der Waals surface area contributed by atoms with E-state index in [-0.39, 0.29) is 12.3 Å². The zero-order valence-electron chi connectivity index (χ0n) is 10.2. The highest BCUT2D eigenvalue weighted by atomic mass is 32.2. The van der Waals surface area contributed by atoms with Gasteiger partial charge in [0.25, 0.3) is 5.69 Å². The van der Waals surface area contributed by atoms with Crippen molar-refractivity contribution < 1.29 is 10.0 Å². The molecule has 2 rings (SSSR count). The topological polar surface area (TPSA) is 66.6 Å². The van der Waals surface area contributed by atoms with E-state index in [2.05, 4.69) is 11.8 Å². The molecule has 1 fully saturated rings. The van der Waals surface area contributed by atoms with E-state index in [1.165, 1.54) is 6.07 Å². The second kappa shape index (κ2) is 5.58. The zero-order valence-corrected chi connectivity index (χ0v) is 11.0. The molecule has 1 unspecified atom stereocenters. The summed E-state index contributed by atoms with van der Waals surface area (Å²) >= 11 is 1.94. The van der Waals surface area contributed by atoms with Crippen molar-refractivity contribution in [3.8, 4) is 0 Å². The quantitative estimate of drug-likeness (QED) is 0.671. The summed E-state index contributed by atoms with van der Waals surface area (Å²) < 4.78 is 0. The van der Waals surface area contributed by atoms with Crippen LogP contribution in [0, 0.1) is 10.1 Å². The molecule has 18 heavy (non-hydrogen) atoms. The molecule has 1 aliphatic rings. The van der Waals surface area contributed by atoms with Crippen LogP contribution in [0.2, 0.25) is 0 Å². The number of hydrogen-bond donors (Lipinski definition) is 1. The molecule has 6 heteroatoms. The number of nitro benzene ring substituents is 1. The van der Waals surface area contributed by atoms with Gasteiger partial charge >= 0.3 is 0 Å². The van der Waals surface area contributed by atoms with Crippen molar-refractivity contribution in [2.45, 2.75) is 18.8 Å². The smallest absolute Gasteiger partial charge is 0.275 e. The first kappa shape index (κ1) is 13.2. The van der Waals surface area contributed by atoms with E-state index in [1.807, 2.05) is 11.8 Å². The maximum Gasteiger partial charge on any atom is 0.275 e. The monoisotopic (exact) mass is 268 g/mol. The number of nitrogens with zero attached hydrogens (tertiary/aromatic N) is 2. The molecule has 98 valence electrons. The third-order valence-electron chi connectivity index (χ3n) is 3.04. The van der Waals surface area contributed by atoms with Gasteiger partial charge in [0.2, 0.25) is 0 Å². The molecular formula is C12H16N2O3S. The van der Waals surface area contributed by atoms with Crippen molar-refractivity contribution in [3.05, 3.63) is 33.9 Å². The molecule has 0 spiro atoms. The van der Waals surface area contributed by atoms with E-state index in [1.54, 1.807) is 12.1 Å². The zero-order chi connectivity index (χ0) is 13.1. The summed E-state index contributed by atoms with van der Waals surface area (Å²) in [4.78, 5) is 12.6. The van der Waals surface area contributed by atoms with Crippen LogP contribution in [-0.4, -0.2) is 34.1 Å². The Morgan fingerprint density at radius 1 is 1.61 bits per heavy atom. The van der Waals surface area contributed by atoms with E-state index >= 15 is 0 Å². The standard InChI is InChI=1S/C12H16N2O3S/c1-9-7-13(4-5-18-9)11-2-3-12(14(16)17)10(6-11)8-15/h2-3,6,9,15H,4-5,7-8H2,1H3. The van der Waals surface area contributed by atoms with Gasteiger partial charge in [-0.1, -0.05) is 6.92 Å². The minimum atomic E-state index is -0.454. The molecule has 0 aromatic heterocycles. The summed E-state index contributed by atoms with van der Waals surface area (Å²) in [5.74, 6) is 1.06. The Morgan fingerprint density at radius 3 is 3.00 bits per heavy atom. The van der Waals surface area contributed by atoms with Crippen molar-refractivity contribution in [2.24, 2.45) is 0 Å². The van der Waals surface area contributed by atoms with Crippen LogP contribution < -0.4 is 4.90 Å². The van der Waals surface area contributed by atoms with E-state index in [0.717, 1.165) is 24.5 Å². The number of aliphatic hydroxyl groups is 1. The van der Waals surface area contributed by atoms with Crippen LogP contribution in [0.15, 0.2) is 18.2 Å². The molecule has 0 radical (unpaired) electrons. The van der Waals surface area contributed by atoms with Crippen LogP contribution in [0.5, 0.6) is 0 Å². The van der Waals surface area contributed by atoms with Gasteiger partial charge in [0.15, 0.2) is 0 Å². The van der Waals surface area contributed by atoms with Crippen LogP contribution in [0.4, 0.5) is 11.4 Å². The first-order chi connectivity index (χ1) is 8.61. The van der Waals surface area contributed by atoms with Crippen molar-refractivity contribution in [1.29, 1.82) is 0 Å². The van der Waals surface area contributed by atoms with Gasteiger partial charge in [0.05, 0.1) is 17.1 Å². The number of aliphatic hydroxyl groups excluding tert-OH is 1. The average Bonchev–Trinajstić information content (AvgIpc) is 2.37. The highest BCUT2D eigenvalue weighted by Gasteiger charge is 2.20. The fourth-order valence-electron chi connectivity index (χ4n) is 2.13. The van der Waals surface area contributed by atoms with Crippen molar-refractivity contribution in [3.63, 3.8) is 0 Å². The molecule has 0 saturated carbocycles. The van der Waals surface area contributed by atoms with Gasteiger partial charge in [-0.2, -0.15) is 11.8 Å². The molecule has 1 aromatic carbocycles. The van der Waals surface area contributed by atoms with Crippen LogP contribution in [0.3, 0.4) is 0 Å². The largest absolute Gasteiger partial charge is 0.391 e. The Balaban J connectivity index is 2.26. The summed E-state index contributed by atoms with van der Waals surface area (Å²) in [6.07, 6.45) is 0. The van der Waals surface area contributed by atoms with Crippen LogP contribution >= 0.6 is 11.8 Å². The van der Waals surface area contributed by atoms with E-state index in [0.29, 0.717) is 10.8 Å². The molecule has 1 aliphatic heterocycles. The van der Waals surface area contributed by atoms with E-state index in [9.17, 15) is 15.2 Å². The Labute approximate surface area is 110 Å². The second-order valence-corrected chi connectivity index (χ2v) is 5.90. The molecule has 1 aromatic rings. The van der Waals surface area contributed by atoms with Crippen LogP contribution in [0.1, 0.15) is 12.5 Å². The minimum absolute atomic E-state index is 0.0133. The number of rotatable bonds is 3. The second-order valence-electron chi connectivity index (χ2n) is 4.36. The molecule has 0 aliphatic carbocycles. The number of anilines is 1. The van der Waals surface area contributed by atoms with Crippen LogP contribution in [0.25, 0.3) is 0 Å². The van der Waals surface area contributed by atoms with E-state index < -0.39 is 4.92 Å². The summed E-state index contributed by atoms with van der Waals surface area (Å²) in [5.41, 5.74) is 1.32. The Kier molecular flexibility index (Phi) is 4.08. The summed E-state index contributed by atoms with van der Waals surface area (Å²) in [7, 11) is 0. The number of nitro groups is 1. The highest BCUT2D eigenvalue weighted by molar-refractivity contribution is 8.00. The Bertz CT molecular complexity index is 453. The van der Waals surface area contributed by atoms with Gasteiger partial charge in [0.1, 0.15) is 0 Å². The SMILES string of the molecule is CC1CN(c2ccc([N+](=O)[O-])c(CO)c2)CCS1. The van der Waals surface area contributed by atoms with Gasteiger partial charge in [-0.15, -0.1) is 0 Å². The van der Waals surface area contributed by atoms with Gasteiger partial charge < -0.3 is 10.0 Å². The molecule has 1 heterocycles. The van der Waals surface area contributed by atoms with Gasteiger partial charge in [-0.25, -0.2) is 0 Å². The molecule has 1 N–H and O–H groups in total. The lowest BCUT2D eigenvalue weighted by Crippen LogP contribution is -2.36. The third kappa shape index (κ3) is 2.76. The highest BCUT2D eigenvalue weighted by Crippen LogP contribution is 2.28. The maximum atomic E-state index is 10.8.